The zero-order valence-corrected chi connectivity index (χ0v) is 17.7. The second-order valence-electron chi connectivity index (χ2n) is 6.97. The highest BCUT2D eigenvalue weighted by Gasteiger charge is 2.13. The SMILES string of the molecule is COCCn1c(SCC(=O)Nc2ccc(C(C)C)cc2)nc2ccccc2c1=O. The van der Waals surface area contributed by atoms with E-state index in [1.54, 1.807) is 23.8 Å². The normalized spacial score (nSPS) is 11.2. The minimum Gasteiger partial charge on any atom is -0.383 e. The Bertz CT molecular complexity index is 1050. The van der Waals surface area contributed by atoms with Crippen molar-refractivity contribution >= 4 is 34.3 Å². The molecule has 7 heteroatoms. The minimum absolute atomic E-state index is 0.125. The van der Waals surface area contributed by atoms with Crippen LogP contribution in [0.25, 0.3) is 10.9 Å². The van der Waals surface area contributed by atoms with Crippen LogP contribution >= 0.6 is 11.8 Å². The fourth-order valence-corrected chi connectivity index (χ4v) is 3.74. The molecule has 3 rings (SSSR count). The first-order valence-corrected chi connectivity index (χ1v) is 10.5. The van der Waals surface area contributed by atoms with E-state index in [1.165, 1.54) is 17.3 Å². The zero-order valence-electron chi connectivity index (χ0n) is 16.8. The summed E-state index contributed by atoms with van der Waals surface area (Å²) in [6.45, 7) is 5.03. The van der Waals surface area contributed by atoms with Gasteiger partial charge in [0.15, 0.2) is 5.16 Å². The van der Waals surface area contributed by atoms with Crippen LogP contribution in [0.15, 0.2) is 58.5 Å². The molecule has 0 saturated heterocycles. The molecule has 152 valence electrons. The number of carbonyl (C=O) groups excluding carboxylic acids is 1. The summed E-state index contributed by atoms with van der Waals surface area (Å²) in [6.07, 6.45) is 0. The standard InChI is InChI=1S/C22H25N3O3S/c1-15(2)16-8-10-17(11-9-16)23-20(26)14-29-22-24-19-7-5-4-6-18(19)21(27)25(22)12-13-28-3/h4-11,15H,12-14H2,1-3H3,(H,23,26). The lowest BCUT2D eigenvalue weighted by Crippen LogP contribution is -2.26. The van der Waals surface area contributed by atoms with E-state index in [-0.39, 0.29) is 17.2 Å². The molecule has 1 heterocycles. The predicted octanol–water partition coefficient (Wildman–Crippen LogP) is 3.90. The van der Waals surface area contributed by atoms with E-state index < -0.39 is 0 Å². The average Bonchev–Trinajstić information content (AvgIpc) is 2.72. The Labute approximate surface area is 174 Å². The quantitative estimate of drug-likeness (QED) is 0.450. The molecule has 0 atom stereocenters. The number of nitrogens with one attached hydrogen (secondary N) is 1. The fraction of sp³-hybridized carbons (Fsp3) is 0.318. The third-order valence-electron chi connectivity index (χ3n) is 4.54. The number of amides is 1. The van der Waals surface area contributed by atoms with Crippen molar-refractivity contribution in [3.05, 3.63) is 64.4 Å². The van der Waals surface area contributed by atoms with Gasteiger partial charge in [0.25, 0.3) is 5.56 Å². The Morgan fingerprint density at radius 2 is 1.90 bits per heavy atom. The predicted molar refractivity (Wildman–Crippen MR) is 118 cm³/mol. The molecule has 0 saturated carbocycles. The van der Waals surface area contributed by atoms with Gasteiger partial charge in [0.05, 0.1) is 29.8 Å². The van der Waals surface area contributed by atoms with Crippen molar-refractivity contribution in [2.75, 3.05) is 24.8 Å². The fourth-order valence-electron chi connectivity index (χ4n) is 2.92. The molecule has 1 N–H and O–H groups in total. The highest BCUT2D eigenvalue weighted by molar-refractivity contribution is 7.99. The molecule has 3 aromatic rings. The van der Waals surface area contributed by atoms with Crippen LogP contribution in [-0.4, -0.2) is 34.9 Å². The van der Waals surface area contributed by atoms with Crippen molar-refractivity contribution in [2.45, 2.75) is 31.5 Å². The zero-order chi connectivity index (χ0) is 20.8. The second kappa shape index (κ2) is 9.71. The van der Waals surface area contributed by atoms with Crippen molar-refractivity contribution in [3.63, 3.8) is 0 Å². The largest absolute Gasteiger partial charge is 0.383 e. The topological polar surface area (TPSA) is 73.2 Å². The van der Waals surface area contributed by atoms with Crippen LogP contribution in [0.2, 0.25) is 0 Å². The highest BCUT2D eigenvalue weighted by atomic mass is 32.2. The van der Waals surface area contributed by atoms with Gasteiger partial charge in [0, 0.05) is 12.8 Å². The molecule has 0 unspecified atom stereocenters. The molecule has 2 aromatic carbocycles. The molecule has 29 heavy (non-hydrogen) atoms. The molecular formula is C22H25N3O3S. The van der Waals surface area contributed by atoms with Crippen molar-refractivity contribution in [1.29, 1.82) is 0 Å². The van der Waals surface area contributed by atoms with Crippen LogP contribution in [0.1, 0.15) is 25.3 Å². The molecular weight excluding hydrogens is 386 g/mol. The van der Waals surface area contributed by atoms with E-state index in [0.717, 1.165) is 5.69 Å². The summed E-state index contributed by atoms with van der Waals surface area (Å²) in [5, 5.41) is 3.96. The van der Waals surface area contributed by atoms with Crippen LogP contribution in [0.5, 0.6) is 0 Å². The highest BCUT2D eigenvalue weighted by Crippen LogP contribution is 2.20. The number of rotatable bonds is 8. The molecule has 0 fully saturated rings. The number of thioether (sulfide) groups is 1. The summed E-state index contributed by atoms with van der Waals surface area (Å²) in [4.78, 5) is 29.8. The van der Waals surface area contributed by atoms with Crippen LogP contribution in [0.4, 0.5) is 5.69 Å². The number of carbonyl (C=O) groups is 1. The Morgan fingerprint density at radius 1 is 1.17 bits per heavy atom. The number of ether oxygens (including phenoxy) is 1. The van der Waals surface area contributed by atoms with Gasteiger partial charge >= 0.3 is 0 Å². The lowest BCUT2D eigenvalue weighted by molar-refractivity contribution is -0.113. The first-order chi connectivity index (χ1) is 14.0. The Balaban J connectivity index is 1.74. The number of hydrogen-bond acceptors (Lipinski definition) is 5. The minimum atomic E-state index is -0.145. The average molecular weight is 412 g/mol. The van der Waals surface area contributed by atoms with Gasteiger partial charge in [-0.15, -0.1) is 0 Å². The van der Waals surface area contributed by atoms with Crippen LogP contribution in [0.3, 0.4) is 0 Å². The van der Waals surface area contributed by atoms with E-state index in [1.807, 2.05) is 36.4 Å². The van der Waals surface area contributed by atoms with Gasteiger partial charge < -0.3 is 10.1 Å². The molecule has 1 aromatic heterocycles. The van der Waals surface area contributed by atoms with E-state index in [4.69, 9.17) is 4.74 Å². The van der Waals surface area contributed by atoms with Gasteiger partial charge in [-0.1, -0.05) is 49.9 Å². The van der Waals surface area contributed by atoms with E-state index in [9.17, 15) is 9.59 Å². The molecule has 0 radical (unpaired) electrons. The van der Waals surface area contributed by atoms with E-state index in [2.05, 4.69) is 24.1 Å². The Hall–Kier alpha value is -2.64. The monoisotopic (exact) mass is 411 g/mol. The number of nitrogens with zero attached hydrogens (tertiary/aromatic N) is 2. The van der Waals surface area contributed by atoms with Crippen LogP contribution in [-0.2, 0) is 16.1 Å². The Morgan fingerprint density at radius 3 is 2.59 bits per heavy atom. The molecule has 1 amide bonds. The van der Waals surface area contributed by atoms with Crippen LogP contribution in [0, 0.1) is 0 Å². The number of aromatic nitrogens is 2. The maximum atomic E-state index is 12.8. The van der Waals surface area contributed by atoms with Crippen molar-refractivity contribution in [1.82, 2.24) is 9.55 Å². The molecule has 0 aliphatic heterocycles. The summed E-state index contributed by atoms with van der Waals surface area (Å²) in [6, 6.07) is 15.1. The summed E-state index contributed by atoms with van der Waals surface area (Å²) in [7, 11) is 1.59. The second-order valence-corrected chi connectivity index (χ2v) is 7.92. The smallest absolute Gasteiger partial charge is 0.262 e. The lowest BCUT2D eigenvalue weighted by Gasteiger charge is -2.13. The van der Waals surface area contributed by atoms with Crippen molar-refractivity contribution in [2.24, 2.45) is 0 Å². The van der Waals surface area contributed by atoms with Crippen molar-refractivity contribution in [3.8, 4) is 0 Å². The van der Waals surface area contributed by atoms with Gasteiger partial charge in [0.1, 0.15) is 0 Å². The van der Waals surface area contributed by atoms with Gasteiger partial charge in [-0.25, -0.2) is 4.98 Å². The Kier molecular flexibility index (Phi) is 7.06. The van der Waals surface area contributed by atoms with E-state index in [0.29, 0.717) is 35.1 Å². The summed E-state index contributed by atoms with van der Waals surface area (Å²) >= 11 is 1.25. The van der Waals surface area contributed by atoms with Gasteiger partial charge in [-0.2, -0.15) is 0 Å². The molecule has 0 aliphatic carbocycles. The molecule has 0 aliphatic rings. The maximum Gasteiger partial charge on any atom is 0.262 e. The third kappa shape index (κ3) is 5.25. The van der Waals surface area contributed by atoms with Crippen LogP contribution < -0.4 is 10.9 Å². The first-order valence-electron chi connectivity index (χ1n) is 9.50. The third-order valence-corrected chi connectivity index (χ3v) is 5.52. The van der Waals surface area contributed by atoms with Gasteiger partial charge in [-0.05, 0) is 35.7 Å². The summed E-state index contributed by atoms with van der Waals surface area (Å²) < 4.78 is 6.69. The first kappa shape index (κ1) is 21.1. The maximum absolute atomic E-state index is 12.8. The summed E-state index contributed by atoms with van der Waals surface area (Å²) in [5.41, 5.74) is 2.47. The molecule has 0 bridgehead atoms. The number of hydrogen-bond donors (Lipinski definition) is 1. The number of para-hydroxylation sites is 1. The lowest BCUT2D eigenvalue weighted by atomic mass is 10.0. The van der Waals surface area contributed by atoms with Crippen molar-refractivity contribution < 1.29 is 9.53 Å². The number of benzene rings is 2. The molecule has 6 nitrogen and oxygen atoms in total. The van der Waals surface area contributed by atoms with Gasteiger partial charge in [-0.3, -0.25) is 14.2 Å². The van der Waals surface area contributed by atoms with E-state index >= 15 is 0 Å². The van der Waals surface area contributed by atoms with Gasteiger partial charge in [0.2, 0.25) is 5.91 Å². The number of anilines is 1. The number of methoxy groups -OCH3 is 1. The number of fused-ring (bicyclic) bond motifs is 1. The summed E-state index contributed by atoms with van der Waals surface area (Å²) in [5.74, 6) is 0.454. The molecule has 0 spiro atoms.